The van der Waals surface area contributed by atoms with Crippen molar-refractivity contribution in [2.24, 2.45) is 11.8 Å². The number of carboxylic acid groups (broad SMARTS) is 1. The molecule has 1 aromatic heterocycles. The Bertz CT molecular complexity index is 1550. The van der Waals surface area contributed by atoms with E-state index in [1.54, 1.807) is 25.3 Å². The van der Waals surface area contributed by atoms with Crippen LogP contribution in [0.5, 0.6) is 5.75 Å². The minimum Gasteiger partial charge on any atom is -0.493 e. The number of carboxylic acids is 1. The number of aliphatic hydroxyl groups excluding tert-OH is 1. The van der Waals surface area contributed by atoms with Gasteiger partial charge in [-0.25, -0.2) is 9.18 Å². The second-order valence-electron chi connectivity index (χ2n) is 13.9. The third-order valence-electron chi connectivity index (χ3n) is 10.8. The van der Waals surface area contributed by atoms with Gasteiger partial charge in [0.2, 0.25) is 0 Å². The van der Waals surface area contributed by atoms with Crippen LogP contribution in [0.1, 0.15) is 112 Å². The highest BCUT2D eigenvalue weighted by Crippen LogP contribution is 2.56. The van der Waals surface area contributed by atoms with Gasteiger partial charge in [-0.2, -0.15) is 0 Å². The second-order valence-corrected chi connectivity index (χ2v) is 14.3. The van der Waals surface area contributed by atoms with Gasteiger partial charge in [-0.15, -0.1) is 0 Å². The van der Waals surface area contributed by atoms with Gasteiger partial charge in [-0.05, 0) is 122 Å². The number of alkyl halides is 1. The predicted octanol–water partition coefficient (Wildman–Crippen LogP) is 8.72. The molecular formula is C37H44ClFN2O4. The number of benzene rings is 2. The van der Waals surface area contributed by atoms with Gasteiger partial charge in [0, 0.05) is 22.5 Å². The van der Waals surface area contributed by atoms with Gasteiger partial charge in [0.1, 0.15) is 17.5 Å². The zero-order valence-electron chi connectivity index (χ0n) is 26.4. The summed E-state index contributed by atoms with van der Waals surface area (Å²) in [4.78, 5) is 17.2. The number of rotatable bonds is 9. The van der Waals surface area contributed by atoms with E-state index in [1.807, 2.05) is 24.3 Å². The number of pyridine rings is 1. The molecule has 0 radical (unpaired) electrons. The lowest BCUT2D eigenvalue weighted by atomic mass is 9.59. The van der Waals surface area contributed by atoms with Gasteiger partial charge in [-0.3, -0.25) is 4.98 Å². The molecule has 3 N–H and O–H groups in total. The smallest absolute Gasteiger partial charge is 0.329 e. The Morgan fingerprint density at radius 2 is 1.91 bits per heavy atom. The number of ether oxygens (including phenoxy) is 1. The van der Waals surface area contributed by atoms with Crippen LogP contribution in [-0.4, -0.2) is 33.3 Å². The summed E-state index contributed by atoms with van der Waals surface area (Å²) in [5, 5.41) is 24.9. The molecule has 3 aromatic rings. The number of halogens is 2. The zero-order chi connectivity index (χ0) is 31.9. The van der Waals surface area contributed by atoms with E-state index < -0.39 is 23.8 Å². The normalized spacial score (nSPS) is 28.6. The van der Waals surface area contributed by atoms with Crippen LogP contribution in [0.4, 0.5) is 10.1 Å². The number of nitrogens with zero attached hydrogens (tertiary/aromatic N) is 1. The Hall–Kier alpha value is -3.16. The maximum absolute atomic E-state index is 14.7. The van der Waals surface area contributed by atoms with Gasteiger partial charge in [-0.1, -0.05) is 49.7 Å². The number of hydrogen-bond acceptors (Lipinski definition) is 5. The highest BCUT2D eigenvalue weighted by molar-refractivity contribution is 6.30. The van der Waals surface area contributed by atoms with E-state index in [4.69, 9.17) is 16.3 Å². The van der Waals surface area contributed by atoms with Crippen molar-refractivity contribution in [3.63, 3.8) is 0 Å². The molecule has 0 amide bonds. The van der Waals surface area contributed by atoms with Crippen molar-refractivity contribution in [1.29, 1.82) is 0 Å². The van der Waals surface area contributed by atoms with Crippen LogP contribution in [-0.2, 0) is 16.6 Å². The van der Waals surface area contributed by atoms with Crippen molar-refractivity contribution in [1.82, 2.24) is 4.98 Å². The molecule has 1 spiro atoms. The SMILES string of the molecule is CC(O)c1ccc2c(c1)C1(CCC(Nc3cccc(Cl)c3)(C(=O)O)CC1)[C@@H](C[C@@H](C)COc1ccnc3c1[C@H](C)CC[C@H]3F)C2. The summed E-state index contributed by atoms with van der Waals surface area (Å²) in [5.41, 5.74) is 4.27. The molecule has 1 fully saturated rings. The van der Waals surface area contributed by atoms with Crippen molar-refractivity contribution in [3.05, 3.63) is 87.7 Å². The predicted molar refractivity (Wildman–Crippen MR) is 175 cm³/mol. The first-order chi connectivity index (χ1) is 21.5. The molecule has 0 aliphatic heterocycles. The van der Waals surface area contributed by atoms with Crippen LogP contribution in [0.15, 0.2) is 54.7 Å². The summed E-state index contributed by atoms with van der Waals surface area (Å²) < 4.78 is 21.1. The van der Waals surface area contributed by atoms with Crippen molar-refractivity contribution < 1.29 is 24.1 Å². The Labute approximate surface area is 270 Å². The standard InChI is InChI=1S/C37H44ClFN2O4/c1-22(21-45-32-11-16-40-34-31(39)10-7-23(2)33(32)34)17-27-18-26-9-8-25(24(3)42)19-30(26)36(27)12-14-37(15-13-36,35(43)44)41-29-6-4-5-28(38)20-29/h4-6,8-9,11,16,19-20,22-24,27,31,41-42H,7,10,12-15,17-18,21H2,1-3H3,(H,43,44)/t22-,23-,24?,27+,31-,36?,37?/m1/s1. The summed E-state index contributed by atoms with van der Waals surface area (Å²) in [5.74, 6) is 0.616. The maximum Gasteiger partial charge on any atom is 0.329 e. The number of nitrogens with one attached hydrogen (secondary N) is 1. The largest absolute Gasteiger partial charge is 0.493 e. The third-order valence-corrected chi connectivity index (χ3v) is 11.1. The van der Waals surface area contributed by atoms with Gasteiger partial charge in [0.05, 0.1) is 18.4 Å². The summed E-state index contributed by atoms with van der Waals surface area (Å²) in [7, 11) is 0. The first-order valence-electron chi connectivity index (χ1n) is 16.4. The Morgan fingerprint density at radius 1 is 1.13 bits per heavy atom. The van der Waals surface area contributed by atoms with Crippen LogP contribution >= 0.6 is 11.6 Å². The molecule has 0 bridgehead atoms. The molecule has 2 aromatic carbocycles. The van der Waals surface area contributed by atoms with E-state index in [0.717, 1.165) is 36.1 Å². The molecule has 8 heteroatoms. The highest BCUT2D eigenvalue weighted by Gasteiger charge is 2.54. The average molecular weight is 635 g/mol. The first-order valence-corrected chi connectivity index (χ1v) is 16.7. The number of fused-ring (bicyclic) bond motifs is 3. The van der Waals surface area contributed by atoms with E-state index in [0.29, 0.717) is 61.0 Å². The number of anilines is 1. The molecule has 240 valence electrons. The second kappa shape index (κ2) is 12.6. The van der Waals surface area contributed by atoms with Crippen LogP contribution < -0.4 is 10.1 Å². The highest BCUT2D eigenvalue weighted by atomic mass is 35.5. The van der Waals surface area contributed by atoms with Crippen LogP contribution in [0.2, 0.25) is 5.02 Å². The summed E-state index contributed by atoms with van der Waals surface area (Å²) in [6.45, 7) is 6.62. The van der Waals surface area contributed by atoms with E-state index in [-0.39, 0.29) is 17.3 Å². The Kier molecular flexibility index (Phi) is 8.88. The van der Waals surface area contributed by atoms with Gasteiger partial charge in [0.25, 0.3) is 0 Å². The first kappa shape index (κ1) is 31.8. The van der Waals surface area contributed by atoms with E-state index in [2.05, 4.69) is 36.3 Å². The lowest BCUT2D eigenvalue weighted by Crippen LogP contribution is -2.53. The molecule has 0 saturated heterocycles. The zero-order valence-corrected chi connectivity index (χ0v) is 27.1. The number of aliphatic hydroxyl groups is 1. The van der Waals surface area contributed by atoms with Crippen molar-refractivity contribution in [2.45, 2.75) is 101 Å². The number of carbonyl (C=O) groups is 1. The van der Waals surface area contributed by atoms with Gasteiger partial charge < -0.3 is 20.3 Å². The summed E-state index contributed by atoms with van der Waals surface area (Å²) in [6.07, 6.45) is 5.51. The van der Waals surface area contributed by atoms with Crippen LogP contribution in [0.25, 0.3) is 0 Å². The Balaban J connectivity index is 1.24. The minimum atomic E-state index is -1.09. The van der Waals surface area contributed by atoms with Crippen molar-refractivity contribution >= 4 is 23.3 Å². The molecule has 45 heavy (non-hydrogen) atoms. The lowest BCUT2D eigenvalue weighted by Gasteiger charge is -2.47. The van der Waals surface area contributed by atoms with Gasteiger partial charge in [0.15, 0.2) is 0 Å². The number of hydrogen-bond donors (Lipinski definition) is 3. The summed E-state index contributed by atoms with van der Waals surface area (Å²) >= 11 is 6.23. The maximum atomic E-state index is 14.7. The Morgan fingerprint density at radius 3 is 2.62 bits per heavy atom. The molecular weight excluding hydrogens is 591 g/mol. The molecule has 1 unspecified atom stereocenters. The number of aliphatic carboxylic acids is 1. The topological polar surface area (TPSA) is 91.7 Å². The molecule has 1 heterocycles. The van der Waals surface area contributed by atoms with E-state index in [1.165, 1.54) is 11.1 Å². The molecule has 1 saturated carbocycles. The van der Waals surface area contributed by atoms with Gasteiger partial charge >= 0.3 is 5.97 Å². The molecule has 5 atom stereocenters. The number of aromatic nitrogens is 1. The van der Waals surface area contributed by atoms with E-state index in [9.17, 15) is 19.4 Å². The van der Waals surface area contributed by atoms with Crippen LogP contribution in [0.3, 0.4) is 0 Å². The van der Waals surface area contributed by atoms with E-state index >= 15 is 0 Å². The van der Waals surface area contributed by atoms with Crippen LogP contribution in [0, 0.1) is 11.8 Å². The summed E-state index contributed by atoms with van der Waals surface area (Å²) in [6, 6.07) is 15.4. The lowest BCUT2D eigenvalue weighted by molar-refractivity contribution is -0.144. The average Bonchev–Trinajstić information content (AvgIpc) is 3.30. The fourth-order valence-corrected chi connectivity index (χ4v) is 8.52. The fraction of sp³-hybridized carbons (Fsp3) is 0.514. The monoisotopic (exact) mass is 634 g/mol. The van der Waals surface area contributed by atoms with Crippen molar-refractivity contribution in [3.8, 4) is 5.75 Å². The minimum absolute atomic E-state index is 0.199. The molecule has 6 rings (SSSR count). The third kappa shape index (κ3) is 6.06. The van der Waals surface area contributed by atoms with Crippen molar-refractivity contribution in [2.75, 3.05) is 11.9 Å². The molecule has 3 aliphatic rings. The fourth-order valence-electron chi connectivity index (χ4n) is 8.33. The quantitative estimate of drug-likeness (QED) is 0.218. The molecule has 6 nitrogen and oxygen atoms in total. The molecule has 3 aliphatic carbocycles.